The monoisotopic (exact) mass is 248 g/mol. The second kappa shape index (κ2) is 4.19. The van der Waals surface area contributed by atoms with E-state index in [-0.39, 0.29) is 12.0 Å². The van der Waals surface area contributed by atoms with E-state index < -0.39 is 5.97 Å². The minimum Gasteiger partial charge on any atom is -0.493 e. The first-order valence-corrected chi connectivity index (χ1v) is 6.33. The van der Waals surface area contributed by atoms with Gasteiger partial charge in [0.1, 0.15) is 6.10 Å². The molecule has 0 saturated heterocycles. The second-order valence-electron chi connectivity index (χ2n) is 4.91. The SMILES string of the molecule is COc1ccc(C(=O)O)c2c1O[C@@H]1CCCC[C@H]21. The van der Waals surface area contributed by atoms with Gasteiger partial charge in [0.15, 0.2) is 11.5 Å². The highest BCUT2D eigenvalue weighted by Crippen LogP contribution is 2.50. The molecular weight excluding hydrogens is 232 g/mol. The second-order valence-corrected chi connectivity index (χ2v) is 4.91. The van der Waals surface area contributed by atoms with Crippen LogP contribution in [0.2, 0.25) is 0 Å². The summed E-state index contributed by atoms with van der Waals surface area (Å²) in [7, 11) is 1.58. The molecule has 3 rings (SSSR count). The van der Waals surface area contributed by atoms with Gasteiger partial charge in [-0.1, -0.05) is 6.42 Å². The number of carbonyl (C=O) groups is 1. The summed E-state index contributed by atoms with van der Waals surface area (Å²) in [6.07, 6.45) is 4.43. The Morgan fingerprint density at radius 3 is 2.89 bits per heavy atom. The number of benzene rings is 1. The summed E-state index contributed by atoms with van der Waals surface area (Å²) < 4.78 is 11.2. The maximum absolute atomic E-state index is 11.3. The van der Waals surface area contributed by atoms with Crippen LogP contribution in [-0.2, 0) is 0 Å². The van der Waals surface area contributed by atoms with Crippen molar-refractivity contribution < 1.29 is 19.4 Å². The summed E-state index contributed by atoms with van der Waals surface area (Å²) in [5.74, 6) is 0.623. The van der Waals surface area contributed by atoms with Crippen LogP contribution in [0.25, 0.3) is 0 Å². The van der Waals surface area contributed by atoms with Crippen LogP contribution in [0.3, 0.4) is 0 Å². The average Bonchev–Trinajstić information content (AvgIpc) is 2.76. The third-order valence-electron chi connectivity index (χ3n) is 3.95. The fourth-order valence-electron chi connectivity index (χ4n) is 3.14. The molecule has 1 aliphatic carbocycles. The summed E-state index contributed by atoms with van der Waals surface area (Å²) >= 11 is 0. The molecule has 96 valence electrons. The van der Waals surface area contributed by atoms with Crippen molar-refractivity contribution in [1.82, 2.24) is 0 Å². The van der Waals surface area contributed by atoms with Crippen molar-refractivity contribution in [3.63, 3.8) is 0 Å². The van der Waals surface area contributed by atoms with Gasteiger partial charge in [0, 0.05) is 11.5 Å². The van der Waals surface area contributed by atoms with Gasteiger partial charge in [-0.25, -0.2) is 4.79 Å². The van der Waals surface area contributed by atoms with Gasteiger partial charge in [-0.15, -0.1) is 0 Å². The van der Waals surface area contributed by atoms with Gasteiger partial charge in [-0.3, -0.25) is 0 Å². The van der Waals surface area contributed by atoms with E-state index >= 15 is 0 Å². The zero-order valence-corrected chi connectivity index (χ0v) is 10.3. The fourth-order valence-corrected chi connectivity index (χ4v) is 3.14. The Hall–Kier alpha value is -1.71. The summed E-state index contributed by atoms with van der Waals surface area (Å²) in [6, 6.07) is 3.31. The Labute approximate surface area is 106 Å². The van der Waals surface area contributed by atoms with Crippen LogP contribution in [0.15, 0.2) is 12.1 Å². The van der Waals surface area contributed by atoms with Crippen LogP contribution in [0, 0.1) is 0 Å². The lowest BCUT2D eigenvalue weighted by atomic mass is 9.81. The topological polar surface area (TPSA) is 55.8 Å². The van der Waals surface area contributed by atoms with E-state index in [4.69, 9.17) is 9.47 Å². The maximum atomic E-state index is 11.3. The number of rotatable bonds is 2. The molecule has 2 aliphatic rings. The van der Waals surface area contributed by atoms with Crippen LogP contribution < -0.4 is 9.47 Å². The first-order chi connectivity index (χ1) is 8.72. The van der Waals surface area contributed by atoms with E-state index in [1.54, 1.807) is 19.2 Å². The highest BCUT2D eigenvalue weighted by molar-refractivity contribution is 5.91. The molecular formula is C14H16O4. The molecule has 0 bridgehead atoms. The van der Waals surface area contributed by atoms with Gasteiger partial charge >= 0.3 is 5.97 Å². The predicted molar refractivity (Wildman–Crippen MR) is 65.6 cm³/mol. The molecule has 4 nitrogen and oxygen atoms in total. The zero-order chi connectivity index (χ0) is 12.7. The van der Waals surface area contributed by atoms with Crippen LogP contribution in [0.5, 0.6) is 11.5 Å². The third-order valence-corrected chi connectivity index (χ3v) is 3.95. The first-order valence-electron chi connectivity index (χ1n) is 6.33. The fraction of sp³-hybridized carbons (Fsp3) is 0.500. The minimum atomic E-state index is -0.885. The molecule has 0 amide bonds. The van der Waals surface area contributed by atoms with E-state index in [2.05, 4.69) is 0 Å². The smallest absolute Gasteiger partial charge is 0.336 e. The number of ether oxygens (including phenoxy) is 2. The molecule has 1 saturated carbocycles. The van der Waals surface area contributed by atoms with Crippen molar-refractivity contribution in [3.05, 3.63) is 23.3 Å². The van der Waals surface area contributed by atoms with Crippen molar-refractivity contribution in [1.29, 1.82) is 0 Å². The summed E-state index contributed by atoms with van der Waals surface area (Å²) in [4.78, 5) is 11.3. The van der Waals surface area contributed by atoms with Gasteiger partial charge in [-0.05, 0) is 31.4 Å². The number of hydrogen-bond donors (Lipinski definition) is 1. The first kappa shape index (κ1) is 11.4. The molecule has 0 spiro atoms. The molecule has 1 aromatic rings. The van der Waals surface area contributed by atoms with Gasteiger partial charge in [0.05, 0.1) is 12.7 Å². The lowest BCUT2D eigenvalue weighted by Crippen LogP contribution is -2.23. The average molecular weight is 248 g/mol. The van der Waals surface area contributed by atoms with Crippen LogP contribution in [-0.4, -0.2) is 24.3 Å². The molecule has 1 fully saturated rings. The Morgan fingerprint density at radius 2 is 2.17 bits per heavy atom. The predicted octanol–water partition coefficient (Wildman–Crippen LogP) is 2.81. The number of hydrogen-bond acceptors (Lipinski definition) is 3. The van der Waals surface area contributed by atoms with Gasteiger partial charge in [0.25, 0.3) is 0 Å². The standard InChI is InChI=1S/C14H16O4/c1-17-11-7-6-9(14(15)16)12-8-4-2-3-5-10(8)18-13(11)12/h6-8,10H,2-5H2,1H3,(H,15,16)/t8-,10+/m0/s1. The molecule has 18 heavy (non-hydrogen) atoms. The summed E-state index contributed by atoms with van der Waals surface area (Å²) in [5, 5.41) is 9.31. The number of carboxylic acid groups (broad SMARTS) is 1. The number of carboxylic acids is 1. The highest BCUT2D eigenvalue weighted by atomic mass is 16.5. The number of aromatic carboxylic acids is 1. The molecule has 0 aromatic heterocycles. The largest absolute Gasteiger partial charge is 0.493 e. The number of methoxy groups -OCH3 is 1. The molecule has 1 aliphatic heterocycles. The normalized spacial score (nSPS) is 24.9. The van der Waals surface area contributed by atoms with Crippen LogP contribution in [0.1, 0.15) is 47.5 Å². The van der Waals surface area contributed by atoms with Crippen molar-refractivity contribution in [2.75, 3.05) is 7.11 Å². The van der Waals surface area contributed by atoms with Crippen molar-refractivity contribution >= 4 is 5.97 Å². The quantitative estimate of drug-likeness (QED) is 0.874. The van der Waals surface area contributed by atoms with Gasteiger partial charge in [-0.2, -0.15) is 0 Å². The summed E-state index contributed by atoms with van der Waals surface area (Å²) in [6.45, 7) is 0. The molecule has 0 radical (unpaired) electrons. The third kappa shape index (κ3) is 1.55. The van der Waals surface area contributed by atoms with Crippen molar-refractivity contribution in [2.24, 2.45) is 0 Å². The molecule has 4 heteroatoms. The highest BCUT2D eigenvalue weighted by Gasteiger charge is 2.40. The Morgan fingerprint density at radius 1 is 1.39 bits per heavy atom. The van der Waals surface area contributed by atoms with E-state index in [1.165, 1.54) is 0 Å². The zero-order valence-electron chi connectivity index (χ0n) is 10.3. The lowest BCUT2D eigenvalue weighted by molar-refractivity contribution is 0.0695. The molecule has 1 N–H and O–H groups in total. The molecule has 0 unspecified atom stereocenters. The van der Waals surface area contributed by atoms with Gasteiger partial charge < -0.3 is 14.6 Å². The molecule has 1 aromatic carbocycles. The van der Waals surface area contributed by atoms with Crippen molar-refractivity contribution in [2.45, 2.75) is 37.7 Å². The minimum absolute atomic E-state index is 0.128. The Balaban J connectivity index is 2.14. The van der Waals surface area contributed by atoms with E-state index in [0.29, 0.717) is 17.1 Å². The van der Waals surface area contributed by atoms with Crippen molar-refractivity contribution in [3.8, 4) is 11.5 Å². The molecule has 2 atom stereocenters. The van der Waals surface area contributed by atoms with E-state index in [9.17, 15) is 9.90 Å². The van der Waals surface area contributed by atoms with Crippen LogP contribution in [0.4, 0.5) is 0 Å². The summed E-state index contributed by atoms with van der Waals surface area (Å²) in [5.41, 5.74) is 1.20. The molecule has 1 heterocycles. The van der Waals surface area contributed by atoms with Crippen LogP contribution >= 0.6 is 0 Å². The Bertz CT molecular complexity index is 495. The Kier molecular flexibility index (Phi) is 2.65. The van der Waals surface area contributed by atoms with E-state index in [0.717, 1.165) is 31.2 Å². The van der Waals surface area contributed by atoms with Gasteiger partial charge in [0.2, 0.25) is 0 Å². The van der Waals surface area contributed by atoms with E-state index in [1.807, 2.05) is 0 Å². The number of fused-ring (bicyclic) bond motifs is 3. The lowest BCUT2D eigenvalue weighted by Gasteiger charge is -2.24. The maximum Gasteiger partial charge on any atom is 0.336 e.